The van der Waals surface area contributed by atoms with Gasteiger partial charge in [0, 0.05) is 19.1 Å². The second kappa shape index (κ2) is 2.46. The molecule has 0 amide bonds. The van der Waals surface area contributed by atoms with Crippen LogP contribution in [0.3, 0.4) is 0 Å². The Morgan fingerprint density at radius 3 is 2.45 bits per heavy atom. The minimum Gasteiger partial charge on any atom is -0.326 e. The predicted molar refractivity (Wildman–Crippen MR) is 46.4 cm³/mol. The summed E-state index contributed by atoms with van der Waals surface area (Å²) in [6.07, 6.45) is 5.56. The van der Waals surface area contributed by atoms with Gasteiger partial charge < -0.3 is 10.6 Å². The molecule has 0 aromatic rings. The van der Waals surface area contributed by atoms with Crippen molar-refractivity contribution < 1.29 is 0 Å². The zero-order chi connectivity index (χ0) is 7.90. The molecule has 2 rings (SSSR count). The van der Waals surface area contributed by atoms with Crippen molar-refractivity contribution >= 4 is 0 Å². The lowest BCUT2D eigenvalue weighted by molar-refractivity contribution is 0.270. The second-order valence-corrected chi connectivity index (χ2v) is 4.37. The predicted octanol–water partition coefficient (Wildman–Crippen LogP) is 0.819. The van der Waals surface area contributed by atoms with Crippen LogP contribution < -0.4 is 5.73 Å². The van der Waals surface area contributed by atoms with Gasteiger partial charge in [-0.3, -0.25) is 0 Å². The summed E-state index contributed by atoms with van der Waals surface area (Å²) in [7, 11) is 2.19. The molecule has 11 heavy (non-hydrogen) atoms. The van der Waals surface area contributed by atoms with Crippen molar-refractivity contribution in [3.8, 4) is 0 Å². The van der Waals surface area contributed by atoms with E-state index >= 15 is 0 Å². The maximum Gasteiger partial charge on any atom is 0.0237 e. The van der Waals surface area contributed by atoms with Crippen LogP contribution in [0.15, 0.2) is 0 Å². The zero-order valence-electron chi connectivity index (χ0n) is 7.34. The third-order valence-corrected chi connectivity index (χ3v) is 3.48. The van der Waals surface area contributed by atoms with Crippen molar-refractivity contribution in [1.82, 2.24) is 4.90 Å². The van der Waals surface area contributed by atoms with E-state index in [0.717, 1.165) is 6.54 Å². The van der Waals surface area contributed by atoms with Gasteiger partial charge in [-0.1, -0.05) is 12.8 Å². The fourth-order valence-corrected chi connectivity index (χ4v) is 2.86. The molecule has 2 fully saturated rings. The highest BCUT2D eigenvalue weighted by Crippen LogP contribution is 2.44. The first-order valence-electron chi connectivity index (χ1n) is 4.67. The van der Waals surface area contributed by atoms with Crippen LogP contribution in [0.5, 0.6) is 0 Å². The van der Waals surface area contributed by atoms with E-state index in [1.807, 2.05) is 0 Å². The molecular formula is C9H18N2. The van der Waals surface area contributed by atoms with Crippen LogP contribution in [0.2, 0.25) is 0 Å². The van der Waals surface area contributed by atoms with E-state index in [1.165, 1.54) is 32.2 Å². The van der Waals surface area contributed by atoms with E-state index < -0.39 is 0 Å². The summed E-state index contributed by atoms with van der Waals surface area (Å²) in [6.45, 7) is 2.36. The minimum absolute atomic E-state index is 0.454. The smallest absolute Gasteiger partial charge is 0.0237 e. The summed E-state index contributed by atoms with van der Waals surface area (Å²) in [5.74, 6) is 0. The van der Waals surface area contributed by atoms with Crippen LogP contribution in [-0.2, 0) is 0 Å². The van der Waals surface area contributed by atoms with Gasteiger partial charge >= 0.3 is 0 Å². The number of hydrogen-bond acceptors (Lipinski definition) is 2. The fraction of sp³-hybridized carbons (Fsp3) is 1.00. The monoisotopic (exact) mass is 154 g/mol. The number of nitrogens with zero attached hydrogens (tertiary/aromatic N) is 1. The quantitative estimate of drug-likeness (QED) is 0.559. The van der Waals surface area contributed by atoms with E-state index in [0.29, 0.717) is 11.5 Å². The molecule has 0 bridgehead atoms. The highest BCUT2D eigenvalue weighted by atomic mass is 15.2. The van der Waals surface area contributed by atoms with Gasteiger partial charge in [-0.2, -0.15) is 0 Å². The van der Waals surface area contributed by atoms with Crippen LogP contribution >= 0.6 is 0 Å². The van der Waals surface area contributed by atoms with Crippen molar-refractivity contribution in [1.29, 1.82) is 0 Å². The van der Waals surface area contributed by atoms with E-state index in [1.54, 1.807) is 0 Å². The minimum atomic E-state index is 0.454. The molecule has 2 N–H and O–H groups in total. The summed E-state index contributed by atoms with van der Waals surface area (Å²) in [5.41, 5.74) is 6.65. The van der Waals surface area contributed by atoms with Crippen LogP contribution in [0.1, 0.15) is 25.7 Å². The largest absolute Gasteiger partial charge is 0.326 e. The fourth-order valence-electron chi connectivity index (χ4n) is 2.86. The van der Waals surface area contributed by atoms with Crippen molar-refractivity contribution in [2.45, 2.75) is 31.7 Å². The molecule has 1 aliphatic heterocycles. The molecule has 1 aliphatic carbocycles. The van der Waals surface area contributed by atoms with Gasteiger partial charge in [0.1, 0.15) is 0 Å². The Morgan fingerprint density at radius 2 is 2.00 bits per heavy atom. The SMILES string of the molecule is CN1CC(N)C2(CCCC2)C1. The number of likely N-dealkylation sites (N-methyl/N-ethyl adjacent to an activating group) is 1. The lowest BCUT2D eigenvalue weighted by Gasteiger charge is -2.26. The lowest BCUT2D eigenvalue weighted by atomic mass is 9.82. The molecule has 0 radical (unpaired) electrons. The van der Waals surface area contributed by atoms with Crippen molar-refractivity contribution in [2.24, 2.45) is 11.1 Å². The molecule has 2 heteroatoms. The molecule has 64 valence electrons. The Balaban J connectivity index is 2.12. The normalized spacial score (nSPS) is 37.1. The molecule has 1 heterocycles. The highest BCUT2D eigenvalue weighted by Gasteiger charge is 2.44. The molecule has 1 atom stereocenters. The third kappa shape index (κ3) is 1.09. The first-order valence-corrected chi connectivity index (χ1v) is 4.67. The second-order valence-electron chi connectivity index (χ2n) is 4.37. The molecule has 0 aromatic carbocycles. The standard InChI is InChI=1S/C9H18N2/c1-11-6-8(10)9(7-11)4-2-3-5-9/h8H,2-7,10H2,1H3. The van der Waals surface area contributed by atoms with E-state index in [4.69, 9.17) is 5.73 Å². The zero-order valence-corrected chi connectivity index (χ0v) is 7.34. The average molecular weight is 154 g/mol. The van der Waals surface area contributed by atoms with Crippen LogP contribution in [0.25, 0.3) is 0 Å². The molecule has 0 aromatic heterocycles. The summed E-state index contributed by atoms with van der Waals surface area (Å²) in [5, 5.41) is 0. The van der Waals surface area contributed by atoms with Crippen LogP contribution in [0.4, 0.5) is 0 Å². The van der Waals surface area contributed by atoms with Gasteiger partial charge in [0.05, 0.1) is 0 Å². The Bertz CT molecular complexity index is 150. The molecule has 2 nitrogen and oxygen atoms in total. The third-order valence-electron chi connectivity index (χ3n) is 3.48. The van der Waals surface area contributed by atoms with Crippen molar-refractivity contribution in [3.05, 3.63) is 0 Å². The highest BCUT2D eigenvalue weighted by molar-refractivity contribution is 5.00. The Hall–Kier alpha value is -0.0800. The molecule has 1 saturated heterocycles. The first-order chi connectivity index (χ1) is 5.23. The lowest BCUT2D eigenvalue weighted by Crippen LogP contribution is -2.38. The van der Waals surface area contributed by atoms with Gasteiger partial charge in [-0.15, -0.1) is 0 Å². The Morgan fingerprint density at radius 1 is 1.36 bits per heavy atom. The molecule has 2 aliphatic rings. The van der Waals surface area contributed by atoms with E-state index in [9.17, 15) is 0 Å². The van der Waals surface area contributed by atoms with Crippen molar-refractivity contribution in [2.75, 3.05) is 20.1 Å². The Labute approximate surface area is 68.7 Å². The van der Waals surface area contributed by atoms with E-state index in [2.05, 4.69) is 11.9 Å². The van der Waals surface area contributed by atoms with Gasteiger partial charge in [-0.05, 0) is 25.3 Å². The Kier molecular flexibility index (Phi) is 1.69. The summed E-state index contributed by atoms with van der Waals surface area (Å²) < 4.78 is 0. The van der Waals surface area contributed by atoms with Crippen LogP contribution in [0, 0.1) is 5.41 Å². The molecule has 1 saturated carbocycles. The first kappa shape index (κ1) is 7.56. The maximum absolute atomic E-state index is 6.12. The molecular weight excluding hydrogens is 136 g/mol. The summed E-state index contributed by atoms with van der Waals surface area (Å²) >= 11 is 0. The number of nitrogens with two attached hydrogens (primary N) is 1. The van der Waals surface area contributed by atoms with Gasteiger partial charge in [0.15, 0.2) is 0 Å². The summed E-state index contributed by atoms with van der Waals surface area (Å²) in [4.78, 5) is 2.38. The topological polar surface area (TPSA) is 29.3 Å². The van der Waals surface area contributed by atoms with Gasteiger partial charge in [0.2, 0.25) is 0 Å². The summed E-state index contributed by atoms with van der Waals surface area (Å²) in [6, 6.07) is 0.454. The number of hydrogen-bond donors (Lipinski definition) is 1. The van der Waals surface area contributed by atoms with Gasteiger partial charge in [0.25, 0.3) is 0 Å². The van der Waals surface area contributed by atoms with Crippen molar-refractivity contribution in [3.63, 3.8) is 0 Å². The van der Waals surface area contributed by atoms with Crippen LogP contribution in [-0.4, -0.2) is 31.1 Å². The number of rotatable bonds is 0. The van der Waals surface area contributed by atoms with E-state index in [-0.39, 0.29) is 0 Å². The number of likely N-dealkylation sites (tertiary alicyclic amines) is 1. The maximum atomic E-state index is 6.12. The molecule has 1 unspecified atom stereocenters. The average Bonchev–Trinajstić information content (AvgIpc) is 2.45. The molecule has 1 spiro atoms. The van der Waals surface area contributed by atoms with Gasteiger partial charge in [-0.25, -0.2) is 0 Å².